The van der Waals surface area contributed by atoms with Gasteiger partial charge in [0.15, 0.2) is 0 Å². The van der Waals surface area contributed by atoms with Crippen LogP contribution < -0.4 is 0 Å². The summed E-state index contributed by atoms with van der Waals surface area (Å²) < 4.78 is 0. The van der Waals surface area contributed by atoms with Crippen molar-refractivity contribution in [1.82, 2.24) is 4.98 Å². The number of hydrogen-bond acceptors (Lipinski definition) is 0. The third kappa shape index (κ3) is 2.36. The Morgan fingerprint density at radius 1 is 0.739 bits per heavy atom. The van der Waals surface area contributed by atoms with E-state index in [1.165, 1.54) is 21.9 Å². The number of H-pyrrole nitrogens is 1. The summed E-state index contributed by atoms with van der Waals surface area (Å²) in [6.45, 7) is 3.96. The number of benzene rings is 3. The fourth-order valence-electron chi connectivity index (χ4n) is 3.06. The molecule has 0 saturated heterocycles. The number of rotatable bonds is 3. The van der Waals surface area contributed by atoms with Gasteiger partial charge < -0.3 is 4.98 Å². The van der Waals surface area contributed by atoms with Gasteiger partial charge in [0.25, 0.3) is 0 Å². The van der Waals surface area contributed by atoms with Crippen LogP contribution in [0.3, 0.4) is 0 Å². The maximum atomic E-state index is 3.96. The van der Waals surface area contributed by atoms with Crippen molar-refractivity contribution < 1.29 is 0 Å². The predicted molar refractivity (Wildman–Crippen MR) is 101 cm³/mol. The summed E-state index contributed by atoms with van der Waals surface area (Å²) in [6.07, 6.45) is 6.23. The average molecular weight is 295 g/mol. The van der Waals surface area contributed by atoms with Crippen molar-refractivity contribution in [2.45, 2.75) is 0 Å². The van der Waals surface area contributed by atoms with Gasteiger partial charge in [0, 0.05) is 21.9 Å². The van der Waals surface area contributed by atoms with Crippen molar-refractivity contribution in [2.75, 3.05) is 0 Å². The third-order valence-corrected chi connectivity index (χ3v) is 4.22. The summed E-state index contributed by atoms with van der Waals surface area (Å²) >= 11 is 0. The van der Waals surface area contributed by atoms with E-state index >= 15 is 0 Å². The molecule has 0 atom stereocenters. The Morgan fingerprint density at radius 2 is 1.52 bits per heavy atom. The topological polar surface area (TPSA) is 15.8 Å². The molecular weight excluding hydrogens is 278 g/mol. The fraction of sp³-hybridized carbons (Fsp3) is 0. The third-order valence-electron chi connectivity index (χ3n) is 4.22. The van der Waals surface area contributed by atoms with Crippen LogP contribution >= 0.6 is 0 Å². The van der Waals surface area contributed by atoms with Gasteiger partial charge in [0.05, 0.1) is 5.52 Å². The largest absolute Gasteiger partial charge is 0.354 e. The number of para-hydroxylation sites is 1. The first-order valence-corrected chi connectivity index (χ1v) is 7.76. The van der Waals surface area contributed by atoms with Gasteiger partial charge in [-0.25, -0.2) is 0 Å². The van der Waals surface area contributed by atoms with Crippen LogP contribution in [0.5, 0.6) is 0 Å². The molecule has 4 rings (SSSR count). The quantitative estimate of drug-likeness (QED) is 0.437. The lowest BCUT2D eigenvalue weighted by molar-refractivity contribution is 1.52. The zero-order valence-electron chi connectivity index (χ0n) is 12.8. The zero-order valence-corrected chi connectivity index (χ0v) is 12.8. The minimum Gasteiger partial charge on any atom is -0.354 e. The van der Waals surface area contributed by atoms with Gasteiger partial charge in [0.2, 0.25) is 0 Å². The van der Waals surface area contributed by atoms with Gasteiger partial charge in [-0.05, 0) is 17.2 Å². The molecule has 23 heavy (non-hydrogen) atoms. The Morgan fingerprint density at radius 3 is 2.35 bits per heavy atom. The lowest BCUT2D eigenvalue weighted by Gasteiger charge is -2.03. The lowest BCUT2D eigenvalue weighted by Crippen LogP contribution is -1.83. The van der Waals surface area contributed by atoms with E-state index in [2.05, 4.69) is 84.4 Å². The molecule has 0 aliphatic heterocycles. The molecule has 3 aromatic carbocycles. The van der Waals surface area contributed by atoms with Crippen LogP contribution in [0.1, 0.15) is 16.7 Å². The van der Waals surface area contributed by atoms with E-state index in [9.17, 15) is 0 Å². The van der Waals surface area contributed by atoms with Crippen LogP contribution in [-0.4, -0.2) is 4.98 Å². The van der Waals surface area contributed by atoms with Crippen LogP contribution in [0.2, 0.25) is 0 Å². The Balaban J connectivity index is 1.96. The Kier molecular flexibility index (Phi) is 3.32. The SMILES string of the molecule is C=Cc1ccc2c([nH]c3ccccc32)c1C=Cc1ccccc1. The molecule has 0 amide bonds. The zero-order chi connectivity index (χ0) is 15.6. The molecule has 0 radical (unpaired) electrons. The monoisotopic (exact) mass is 295 g/mol. The summed E-state index contributed by atoms with van der Waals surface area (Å²) in [4.78, 5) is 3.56. The summed E-state index contributed by atoms with van der Waals surface area (Å²) in [5.74, 6) is 0. The first kappa shape index (κ1) is 13.6. The fourth-order valence-corrected chi connectivity index (χ4v) is 3.06. The van der Waals surface area contributed by atoms with Crippen molar-refractivity contribution in [3.05, 3.63) is 90.0 Å². The molecule has 0 bridgehead atoms. The second kappa shape index (κ2) is 5.62. The number of nitrogens with one attached hydrogen (secondary N) is 1. The predicted octanol–water partition coefficient (Wildman–Crippen LogP) is 6.13. The van der Waals surface area contributed by atoms with E-state index in [4.69, 9.17) is 0 Å². The number of hydrogen-bond donors (Lipinski definition) is 1. The van der Waals surface area contributed by atoms with Crippen LogP contribution in [0, 0.1) is 0 Å². The molecule has 1 heterocycles. The van der Waals surface area contributed by atoms with E-state index in [0.717, 1.165) is 16.6 Å². The van der Waals surface area contributed by atoms with Gasteiger partial charge >= 0.3 is 0 Å². The molecule has 1 aromatic heterocycles. The van der Waals surface area contributed by atoms with E-state index in [1.54, 1.807) is 0 Å². The van der Waals surface area contributed by atoms with Crippen molar-refractivity contribution in [2.24, 2.45) is 0 Å². The molecule has 0 unspecified atom stereocenters. The normalized spacial score (nSPS) is 11.5. The maximum absolute atomic E-state index is 3.96. The van der Waals surface area contributed by atoms with E-state index < -0.39 is 0 Å². The number of aromatic nitrogens is 1. The molecule has 4 aromatic rings. The van der Waals surface area contributed by atoms with Crippen molar-refractivity contribution in [3.8, 4) is 0 Å². The highest BCUT2D eigenvalue weighted by molar-refractivity contribution is 6.11. The lowest BCUT2D eigenvalue weighted by atomic mass is 10.0. The van der Waals surface area contributed by atoms with Crippen molar-refractivity contribution in [3.63, 3.8) is 0 Å². The second-order valence-corrected chi connectivity index (χ2v) is 5.61. The number of aromatic amines is 1. The van der Waals surface area contributed by atoms with Crippen LogP contribution in [0.15, 0.2) is 73.3 Å². The Hall–Kier alpha value is -3.06. The van der Waals surface area contributed by atoms with Gasteiger partial charge in [0.1, 0.15) is 0 Å². The Bertz CT molecular complexity index is 1020. The van der Waals surface area contributed by atoms with E-state index in [0.29, 0.717) is 0 Å². The van der Waals surface area contributed by atoms with E-state index in [-0.39, 0.29) is 0 Å². The molecule has 1 N–H and O–H groups in total. The molecule has 0 spiro atoms. The van der Waals surface area contributed by atoms with Gasteiger partial charge in [-0.1, -0.05) is 85.5 Å². The highest BCUT2D eigenvalue weighted by Crippen LogP contribution is 2.31. The first-order chi connectivity index (χ1) is 11.4. The smallest absolute Gasteiger partial charge is 0.0544 e. The van der Waals surface area contributed by atoms with Crippen LogP contribution in [-0.2, 0) is 0 Å². The first-order valence-electron chi connectivity index (χ1n) is 7.76. The number of fused-ring (bicyclic) bond motifs is 3. The highest BCUT2D eigenvalue weighted by Gasteiger charge is 2.08. The van der Waals surface area contributed by atoms with Crippen molar-refractivity contribution in [1.29, 1.82) is 0 Å². The van der Waals surface area contributed by atoms with E-state index in [1.807, 2.05) is 12.1 Å². The van der Waals surface area contributed by atoms with Crippen molar-refractivity contribution >= 4 is 40.0 Å². The molecule has 1 heteroatoms. The molecule has 0 aliphatic carbocycles. The second-order valence-electron chi connectivity index (χ2n) is 5.61. The minimum absolute atomic E-state index is 1.14. The van der Waals surface area contributed by atoms with Gasteiger partial charge in [-0.15, -0.1) is 0 Å². The highest BCUT2D eigenvalue weighted by atomic mass is 14.7. The Labute approximate surface area is 135 Å². The molecule has 0 fully saturated rings. The molecular formula is C22H17N. The molecule has 0 saturated carbocycles. The molecule has 1 nitrogen and oxygen atoms in total. The standard InChI is InChI=1S/C22H17N/c1-2-17-13-15-20-19-10-6-7-11-21(19)23-22(20)18(17)14-12-16-8-4-3-5-9-16/h2-15,23H,1H2. The average Bonchev–Trinajstić information content (AvgIpc) is 2.99. The van der Waals surface area contributed by atoms with Crippen LogP contribution in [0.4, 0.5) is 0 Å². The molecule has 0 aliphatic rings. The van der Waals surface area contributed by atoms with Crippen LogP contribution in [0.25, 0.3) is 40.0 Å². The summed E-state index contributed by atoms with van der Waals surface area (Å²) in [5, 5.41) is 2.51. The minimum atomic E-state index is 1.14. The van der Waals surface area contributed by atoms with Gasteiger partial charge in [-0.3, -0.25) is 0 Å². The maximum Gasteiger partial charge on any atom is 0.0544 e. The summed E-state index contributed by atoms with van der Waals surface area (Å²) in [6, 6.07) is 23.1. The van der Waals surface area contributed by atoms with Gasteiger partial charge in [-0.2, -0.15) is 0 Å². The summed E-state index contributed by atoms with van der Waals surface area (Å²) in [5.41, 5.74) is 5.83. The summed E-state index contributed by atoms with van der Waals surface area (Å²) in [7, 11) is 0. The molecule has 110 valence electrons.